The summed E-state index contributed by atoms with van der Waals surface area (Å²) >= 11 is 1.40. The van der Waals surface area contributed by atoms with Crippen molar-refractivity contribution in [3.8, 4) is 0 Å². The number of hydrogen-bond acceptors (Lipinski definition) is 5. The first-order valence-electron chi connectivity index (χ1n) is 12.2. The van der Waals surface area contributed by atoms with Crippen LogP contribution in [0, 0.1) is 5.92 Å². The highest BCUT2D eigenvalue weighted by molar-refractivity contribution is 8.00. The van der Waals surface area contributed by atoms with E-state index in [9.17, 15) is 14.4 Å². The molecule has 2 amide bonds. The fourth-order valence-electron chi connectivity index (χ4n) is 4.34. The van der Waals surface area contributed by atoms with Crippen LogP contribution >= 0.6 is 11.8 Å². The van der Waals surface area contributed by atoms with Gasteiger partial charge in [-0.2, -0.15) is 0 Å². The molecular formula is C29H30N2O4S. The number of para-hydroxylation sites is 1. The number of benzene rings is 3. The Balaban J connectivity index is 1.49. The largest absolute Gasteiger partial charge is 0.465 e. The number of carbonyl (C=O) groups excluding carboxylic acids is 3. The lowest BCUT2D eigenvalue weighted by atomic mass is 9.88. The van der Waals surface area contributed by atoms with E-state index >= 15 is 0 Å². The fourth-order valence-corrected chi connectivity index (χ4v) is 5.37. The van der Waals surface area contributed by atoms with Gasteiger partial charge in [-0.25, -0.2) is 4.79 Å². The van der Waals surface area contributed by atoms with Crippen LogP contribution in [0.1, 0.15) is 53.3 Å². The standard InChI is InChI=1S/C29H30N2O4S/c1-35-29(34)24-14-8-9-15-25(24)31-28(33)26(20-10-4-2-5-11-20)36-23-18-16-22(17-19-23)30-27(32)21-12-6-3-7-13-21/h2,4-5,8-11,14-19,21,26H,3,6-7,12-13H2,1H3,(H,30,32)(H,31,33). The Morgan fingerprint density at radius 3 is 2.19 bits per heavy atom. The second kappa shape index (κ2) is 12.4. The average molecular weight is 503 g/mol. The molecule has 1 aliphatic carbocycles. The van der Waals surface area contributed by atoms with E-state index in [1.54, 1.807) is 24.3 Å². The molecule has 1 atom stereocenters. The van der Waals surface area contributed by atoms with Crippen LogP contribution in [0.25, 0.3) is 0 Å². The summed E-state index contributed by atoms with van der Waals surface area (Å²) in [5, 5.41) is 5.38. The van der Waals surface area contributed by atoms with E-state index in [1.165, 1.54) is 25.3 Å². The van der Waals surface area contributed by atoms with Crippen molar-refractivity contribution < 1.29 is 19.1 Å². The SMILES string of the molecule is COC(=O)c1ccccc1NC(=O)C(Sc1ccc(NC(=O)C2CCCCC2)cc1)c1ccccc1. The van der Waals surface area contributed by atoms with Gasteiger partial charge in [0.1, 0.15) is 5.25 Å². The maximum Gasteiger partial charge on any atom is 0.339 e. The monoisotopic (exact) mass is 502 g/mol. The van der Waals surface area contributed by atoms with Crippen LogP contribution in [-0.4, -0.2) is 24.9 Å². The molecule has 0 aromatic heterocycles. The molecule has 0 radical (unpaired) electrons. The number of anilines is 2. The van der Waals surface area contributed by atoms with E-state index in [0.29, 0.717) is 11.3 Å². The topological polar surface area (TPSA) is 84.5 Å². The number of methoxy groups -OCH3 is 1. The second-order valence-corrected chi connectivity index (χ2v) is 9.96. The number of ether oxygens (including phenoxy) is 1. The molecule has 186 valence electrons. The zero-order valence-electron chi connectivity index (χ0n) is 20.2. The fraction of sp³-hybridized carbons (Fsp3) is 0.276. The molecule has 0 aliphatic heterocycles. The molecule has 3 aromatic rings. The van der Waals surface area contributed by atoms with Gasteiger partial charge in [0.15, 0.2) is 0 Å². The van der Waals surface area contributed by atoms with Crippen molar-refractivity contribution in [3.05, 3.63) is 90.0 Å². The van der Waals surface area contributed by atoms with Crippen molar-refractivity contribution in [1.82, 2.24) is 0 Å². The number of esters is 1. The minimum Gasteiger partial charge on any atom is -0.465 e. The van der Waals surface area contributed by atoms with Crippen molar-refractivity contribution in [2.24, 2.45) is 5.92 Å². The first kappa shape index (κ1) is 25.5. The predicted octanol–water partition coefficient (Wildman–Crippen LogP) is 6.46. The highest BCUT2D eigenvalue weighted by atomic mass is 32.2. The van der Waals surface area contributed by atoms with Crippen molar-refractivity contribution in [1.29, 1.82) is 0 Å². The number of hydrogen-bond donors (Lipinski definition) is 2. The van der Waals surface area contributed by atoms with Gasteiger partial charge in [0.25, 0.3) is 0 Å². The van der Waals surface area contributed by atoms with Crippen LogP contribution in [0.2, 0.25) is 0 Å². The first-order valence-corrected chi connectivity index (χ1v) is 13.0. The molecule has 1 saturated carbocycles. The van der Waals surface area contributed by atoms with Crippen molar-refractivity contribution in [3.63, 3.8) is 0 Å². The highest BCUT2D eigenvalue weighted by Crippen LogP contribution is 2.37. The number of amides is 2. The summed E-state index contributed by atoms with van der Waals surface area (Å²) in [6, 6.07) is 23.8. The number of rotatable bonds is 8. The maximum atomic E-state index is 13.4. The molecule has 7 heteroatoms. The van der Waals surface area contributed by atoms with Gasteiger partial charge in [-0.05, 0) is 54.8 Å². The van der Waals surface area contributed by atoms with Gasteiger partial charge in [0, 0.05) is 16.5 Å². The molecule has 0 bridgehead atoms. The molecule has 6 nitrogen and oxygen atoms in total. The third-order valence-corrected chi connectivity index (χ3v) is 7.55. The van der Waals surface area contributed by atoms with Crippen LogP contribution in [0.15, 0.2) is 83.8 Å². The minimum absolute atomic E-state index is 0.0842. The zero-order valence-corrected chi connectivity index (χ0v) is 21.1. The van der Waals surface area contributed by atoms with Gasteiger partial charge < -0.3 is 15.4 Å². The summed E-state index contributed by atoms with van der Waals surface area (Å²) in [6.07, 6.45) is 5.33. The molecule has 4 rings (SSSR count). The molecule has 3 aromatic carbocycles. The lowest BCUT2D eigenvalue weighted by Gasteiger charge is -2.21. The Morgan fingerprint density at radius 2 is 1.50 bits per heavy atom. The van der Waals surface area contributed by atoms with Crippen molar-refractivity contribution in [2.75, 3.05) is 17.7 Å². The average Bonchev–Trinajstić information content (AvgIpc) is 2.93. The van der Waals surface area contributed by atoms with Gasteiger partial charge in [-0.1, -0.05) is 61.7 Å². The molecule has 36 heavy (non-hydrogen) atoms. The summed E-state index contributed by atoms with van der Waals surface area (Å²) in [5.41, 5.74) is 2.28. The van der Waals surface area contributed by atoms with E-state index in [4.69, 9.17) is 4.74 Å². The number of thioether (sulfide) groups is 1. The molecule has 1 fully saturated rings. The molecule has 1 aliphatic rings. The van der Waals surface area contributed by atoms with E-state index < -0.39 is 11.2 Å². The first-order chi connectivity index (χ1) is 17.5. The molecule has 0 spiro atoms. The Labute approximate surface area is 215 Å². The van der Waals surface area contributed by atoms with Crippen LogP contribution < -0.4 is 10.6 Å². The van der Waals surface area contributed by atoms with E-state index in [-0.39, 0.29) is 17.7 Å². The van der Waals surface area contributed by atoms with Crippen molar-refractivity contribution >= 4 is 40.9 Å². The second-order valence-electron chi connectivity index (χ2n) is 8.78. The van der Waals surface area contributed by atoms with Gasteiger partial charge in [-0.3, -0.25) is 9.59 Å². The Kier molecular flexibility index (Phi) is 8.79. The normalized spacial score (nSPS) is 14.5. The van der Waals surface area contributed by atoms with Crippen LogP contribution in [0.5, 0.6) is 0 Å². The smallest absolute Gasteiger partial charge is 0.339 e. The Morgan fingerprint density at radius 1 is 0.833 bits per heavy atom. The van der Waals surface area contributed by atoms with Crippen molar-refractivity contribution in [2.45, 2.75) is 42.2 Å². The van der Waals surface area contributed by atoms with Gasteiger partial charge in [-0.15, -0.1) is 11.8 Å². The lowest BCUT2D eigenvalue weighted by Crippen LogP contribution is -2.24. The molecule has 0 saturated heterocycles. The molecular weight excluding hydrogens is 472 g/mol. The van der Waals surface area contributed by atoms with E-state index in [0.717, 1.165) is 41.8 Å². The van der Waals surface area contributed by atoms with Crippen LogP contribution in [0.3, 0.4) is 0 Å². The number of carbonyl (C=O) groups is 3. The summed E-state index contributed by atoms with van der Waals surface area (Å²) in [7, 11) is 1.31. The third kappa shape index (κ3) is 6.55. The van der Waals surface area contributed by atoms with Gasteiger partial charge in [0.05, 0.1) is 18.4 Å². The van der Waals surface area contributed by atoms with E-state index in [2.05, 4.69) is 10.6 Å². The Bertz CT molecular complexity index is 1190. The minimum atomic E-state index is -0.556. The summed E-state index contributed by atoms with van der Waals surface area (Å²) in [6.45, 7) is 0. The number of nitrogens with one attached hydrogen (secondary N) is 2. The molecule has 1 unspecified atom stereocenters. The van der Waals surface area contributed by atoms with Crippen LogP contribution in [0.4, 0.5) is 11.4 Å². The van der Waals surface area contributed by atoms with E-state index in [1.807, 2.05) is 54.6 Å². The molecule has 0 heterocycles. The summed E-state index contributed by atoms with van der Waals surface area (Å²) in [4.78, 5) is 39.0. The lowest BCUT2D eigenvalue weighted by molar-refractivity contribution is -0.120. The quantitative estimate of drug-likeness (QED) is 0.273. The van der Waals surface area contributed by atoms with Crippen LogP contribution in [-0.2, 0) is 14.3 Å². The zero-order chi connectivity index (χ0) is 25.3. The Hall–Kier alpha value is -3.58. The summed E-state index contributed by atoms with van der Waals surface area (Å²) in [5.74, 6) is -0.592. The van der Waals surface area contributed by atoms with Gasteiger partial charge in [0.2, 0.25) is 11.8 Å². The highest BCUT2D eigenvalue weighted by Gasteiger charge is 2.24. The van der Waals surface area contributed by atoms with Gasteiger partial charge >= 0.3 is 5.97 Å². The molecule has 2 N–H and O–H groups in total. The third-order valence-electron chi connectivity index (χ3n) is 6.28. The predicted molar refractivity (Wildman–Crippen MR) is 143 cm³/mol. The maximum absolute atomic E-state index is 13.4. The summed E-state index contributed by atoms with van der Waals surface area (Å²) < 4.78 is 4.85.